The van der Waals surface area contributed by atoms with Crippen LogP contribution in [0.4, 0.5) is 0 Å². The van der Waals surface area contributed by atoms with Crippen LogP contribution in [0.15, 0.2) is 54.6 Å². The third-order valence-corrected chi connectivity index (χ3v) is 4.06. The fourth-order valence-corrected chi connectivity index (χ4v) is 2.97. The number of nitrogens with two attached hydrogens (primary N) is 1. The lowest BCUT2D eigenvalue weighted by Crippen LogP contribution is -2.37. The van der Waals surface area contributed by atoms with E-state index in [-0.39, 0.29) is 5.96 Å². The molecule has 0 saturated carbocycles. The van der Waals surface area contributed by atoms with E-state index in [1.165, 1.54) is 0 Å². The summed E-state index contributed by atoms with van der Waals surface area (Å²) >= 11 is 0. The Labute approximate surface area is 152 Å². The van der Waals surface area contributed by atoms with E-state index >= 15 is 0 Å². The van der Waals surface area contributed by atoms with Gasteiger partial charge in [-0.2, -0.15) is 0 Å². The number of benzene rings is 2. The molecule has 3 aromatic rings. The number of hydrogen-bond acceptors (Lipinski definition) is 3. The fourth-order valence-electron chi connectivity index (χ4n) is 2.97. The molecule has 4 N–H and O–H groups in total. The van der Waals surface area contributed by atoms with Gasteiger partial charge in [-0.3, -0.25) is 15.5 Å². The predicted octanol–water partition coefficient (Wildman–Crippen LogP) is 2.84. The molecule has 26 heavy (non-hydrogen) atoms. The third-order valence-electron chi connectivity index (χ3n) is 4.06. The number of carbonyl (C=O) groups is 1. The number of aryl methyl sites for hydroxylation is 2. The molecule has 132 valence electrons. The Kier molecular flexibility index (Phi) is 4.84. The summed E-state index contributed by atoms with van der Waals surface area (Å²) < 4.78 is 1.87. The van der Waals surface area contributed by atoms with E-state index in [4.69, 9.17) is 11.1 Å². The average Bonchev–Trinajstić information content (AvgIpc) is 2.91. The molecule has 6 heteroatoms. The zero-order valence-electron chi connectivity index (χ0n) is 14.8. The molecule has 0 spiro atoms. The molecule has 3 rings (SSSR count). The zero-order valence-corrected chi connectivity index (χ0v) is 14.8. The first-order valence-electron chi connectivity index (χ1n) is 8.29. The molecule has 0 bridgehead atoms. The molecular formula is C20H21N5O. The second-order valence-corrected chi connectivity index (χ2v) is 6.18. The van der Waals surface area contributed by atoms with Gasteiger partial charge in [0.1, 0.15) is 11.5 Å². The summed E-state index contributed by atoms with van der Waals surface area (Å²) in [5.41, 5.74) is 9.44. The number of imidazole rings is 1. The maximum Gasteiger partial charge on any atom is 0.276 e. The fraction of sp³-hybridized carbons (Fsp3) is 0.150. The van der Waals surface area contributed by atoms with Crippen molar-refractivity contribution in [2.75, 3.05) is 0 Å². The number of aromatic nitrogens is 2. The number of hydrogen-bond donors (Lipinski definition) is 3. The van der Waals surface area contributed by atoms with Crippen molar-refractivity contribution in [1.82, 2.24) is 14.9 Å². The Morgan fingerprint density at radius 1 is 1.15 bits per heavy atom. The minimum Gasteiger partial charge on any atom is -0.370 e. The van der Waals surface area contributed by atoms with Gasteiger partial charge in [0.05, 0.1) is 5.69 Å². The van der Waals surface area contributed by atoms with Crippen molar-refractivity contribution < 1.29 is 4.79 Å². The number of guanidine groups is 1. The molecule has 0 fully saturated rings. The predicted molar refractivity (Wildman–Crippen MR) is 102 cm³/mol. The van der Waals surface area contributed by atoms with Crippen molar-refractivity contribution in [2.24, 2.45) is 5.73 Å². The molecule has 2 aromatic carbocycles. The first kappa shape index (κ1) is 17.4. The highest BCUT2D eigenvalue weighted by molar-refractivity contribution is 6.04. The monoisotopic (exact) mass is 347 g/mol. The maximum atomic E-state index is 12.6. The van der Waals surface area contributed by atoms with Gasteiger partial charge in [0.2, 0.25) is 0 Å². The molecule has 0 aliphatic heterocycles. The number of amides is 1. The highest BCUT2D eigenvalue weighted by Crippen LogP contribution is 2.24. The lowest BCUT2D eigenvalue weighted by atomic mass is 10.1. The number of carbonyl (C=O) groups excluding carboxylic acids is 1. The average molecular weight is 347 g/mol. The van der Waals surface area contributed by atoms with E-state index < -0.39 is 5.91 Å². The van der Waals surface area contributed by atoms with Crippen LogP contribution in [-0.4, -0.2) is 21.4 Å². The molecular weight excluding hydrogens is 326 g/mol. The summed E-state index contributed by atoms with van der Waals surface area (Å²) in [6, 6.07) is 17.9. The summed E-state index contributed by atoms with van der Waals surface area (Å²) in [5.74, 6) is -0.111. The van der Waals surface area contributed by atoms with Crippen LogP contribution in [0.2, 0.25) is 0 Å². The molecule has 0 radical (unpaired) electrons. The second kappa shape index (κ2) is 7.23. The summed E-state index contributed by atoms with van der Waals surface area (Å²) in [7, 11) is 0. The molecule has 6 nitrogen and oxygen atoms in total. The van der Waals surface area contributed by atoms with E-state index in [0.717, 1.165) is 16.7 Å². The van der Waals surface area contributed by atoms with Gasteiger partial charge in [-0.1, -0.05) is 54.1 Å². The van der Waals surface area contributed by atoms with Crippen LogP contribution in [0.25, 0.3) is 11.4 Å². The van der Waals surface area contributed by atoms with Crippen molar-refractivity contribution >= 4 is 11.9 Å². The van der Waals surface area contributed by atoms with Crippen LogP contribution >= 0.6 is 0 Å². The van der Waals surface area contributed by atoms with Crippen molar-refractivity contribution in [2.45, 2.75) is 20.4 Å². The lowest BCUT2D eigenvalue weighted by molar-refractivity contribution is 0.0967. The van der Waals surface area contributed by atoms with Crippen molar-refractivity contribution in [3.63, 3.8) is 0 Å². The normalized spacial score (nSPS) is 10.5. The van der Waals surface area contributed by atoms with Crippen LogP contribution in [0.5, 0.6) is 0 Å². The molecule has 1 heterocycles. The van der Waals surface area contributed by atoms with Gasteiger partial charge in [0, 0.05) is 12.1 Å². The van der Waals surface area contributed by atoms with Gasteiger partial charge in [-0.05, 0) is 25.5 Å². The Hall–Kier alpha value is -3.41. The standard InChI is InChI=1S/C20H21N5O/c1-13-7-6-10-16(11-13)18-23-14(2)17(19(26)24-20(21)22)25(18)12-15-8-4-3-5-9-15/h3-11H,12H2,1-2H3,(H4,21,22,24,26). The Morgan fingerprint density at radius 2 is 1.88 bits per heavy atom. The second-order valence-electron chi connectivity index (χ2n) is 6.18. The smallest absolute Gasteiger partial charge is 0.276 e. The van der Waals surface area contributed by atoms with Crippen LogP contribution in [0.3, 0.4) is 0 Å². The Bertz CT molecular complexity index is 960. The van der Waals surface area contributed by atoms with E-state index in [0.29, 0.717) is 23.8 Å². The van der Waals surface area contributed by atoms with Gasteiger partial charge in [-0.25, -0.2) is 4.98 Å². The Morgan fingerprint density at radius 3 is 2.54 bits per heavy atom. The number of nitrogens with one attached hydrogen (secondary N) is 2. The maximum absolute atomic E-state index is 12.6. The molecule has 0 atom stereocenters. The summed E-state index contributed by atoms with van der Waals surface area (Å²) in [6.07, 6.45) is 0. The van der Waals surface area contributed by atoms with Crippen LogP contribution in [-0.2, 0) is 6.54 Å². The number of nitrogens with zero attached hydrogens (tertiary/aromatic N) is 2. The van der Waals surface area contributed by atoms with Gasteiger partial charge in [0.15, 0.2) is 5.96 Å². The first-order chi connectivity index (χ1) is 12.5. The van der Waals surface area contributed by atoms with Gasteiger partial charge in [-0.15, -0.1) is 0 Å². The first-order valence-corrected chi connectivity index (χ1v) is 8.29. The highest BCUT2D eigenvalue weighted by atomic mass is 16.2. The molecule has 1 aromatic heterocycles. The van der Waals surface area contributed by atoms with Crippen LogP contribution in [0, 0.1) is 19.3 Å². The number of rotatable bonds is 4. The third kappa shape index (κ3) is 3.64. The summed E-state index contributed by atoms with van der Waals surface area (Å²) in [5, 5.41) is 9.71. The van der Waals surface area contributed by atoms with Gasteiger partial charge >= 0.3 is 0 Å². The summed E-state index contributed by atoms with van der Waals surface area (Å²) in [6.45, 7) is 4.30. The molecule has 0 unspecified atom stereocenters. The molecule has 0 aliphatic rings. The molecule has 0 saturated heterocycles. The van der Waals surface area contributed by atoms with E-state index in [1.54, 1.807) is 6.92 Å². The van der Waals surface area contributed by atoms with Crippen LogP contribution in [0.1, 0.15) is 27.3 Å². The zero-order chi connectivity index (χ0) is 18.7. The summed E-state index contributed by atoms with van der Waals surface area (Å²) in [4.78, 5) is 17.2. The topological polar surface area (TPSA) is 96.8 Å². The molecule has 0 aliphatic carbocycles. The molecule has 1 amide bonds. The van der Waals surface area contributed by atoms with E-state index in [2.05, 4.69) is 10.3 Å². The largest absolute Gasteiger partial charge is 0.370 e. The van der Waals surface area contributed by atoms with Gasteiger partial charge in [0.25, 0.3) is 5.91 Å². The van der Waals surface area contributed by atoms with E-state index in [1.807, 2.05) is 66.1 Å². The minimum atomic E-state index is -0.433. The van der Waals surface area contributed by atoms with Gasteiger partial charge < -0.3 is 10.3 Å². The lowest BCUT2D eigenvalue weighted by Gasteiger charge is -2.13. The van der Waals surface area contributed by atoms with Crippen molar-refractivity contribution in [3.8, 4) is 11.4 Å². The van der Waals surface area contributed by atoms with Crippen molar-refractivity contribution in [1.29, 1.82) is 5.41 Å². The minimum absolute atomic E-state index is 0.390. The quantitative estimate of drug-likeness (QED) is 0.500. The van der Waals surface area contributed by atoms with Crippen molar-refractivity contribution in [3.05, 3.63) is 77.1 Å². The highest BCUT2D eigenvalue weighted by Gasteiger charge is 2.22. The Balaban J connectivity index is 2.15. The van der Waals surface area contributed by atoms with Crippen LogP contribution < -0.4 is 11.1 Å². The van der Waals surface area contributed by atoms with E-state index in [9.17, 15) is 4.79 Å². The SMILES string of the molecule is Cc1cccc(-c2nc(C)c(C(=O)NC(=N)N)n2Cc2ccccc2)c1.